The van der Waals surface area contributed by atoms with E-state index < -0.39 is 6.03 Å². The number of aromatic nitrogens is 1. The summed E-state index contributed by atoms with van der Waals surface area (Å²) in [6, 6.07) is 3.23. The van der Waals surface area contributed by atoms with Gasteiger partial charge in [-0.3, -0.25) is 4.98 Å². The van der Waals surface area contributed by atoms with Gasteiger partial charge in [-0.05, 0) is 24.6 Å². The molecule has 3 N–H and O–H groups in total. The fraction of sp³-hybridized carbons (Fsp3) is 0.250. The molecule has 1 aromatic rings. The summed E-state index contributed by atoms with van der Waals surface area (Å²) >= 11 is 0. The van der Waals surface area contributed by atoms with E-state index in [1.165, 1.54) is 0 Å². The van der Waals surface area contributed by atoms with Gasteiger partial charge in [0.15, 0.2) is 0 Å². The summed E-state index contributed by atoms with van der Waals surface area (Å²) < 4.78 is 0. The molecule has 1 aromatic heterocycles. The van der Waals surface area contributed by atoms with Crippen LogP contribution in [0.4, 0.5) is 4.79 Å². The van der Waals surface area contributed by atoms with Gasteiger partial charge in [0.1, 0.15) is 0 Å². The van der Waals surface area contributed by atoms with Crippen molar-refractivity contribution in [1.82, 2.24) is 10.3 Å². The molecule has 0 saturated carbocycles. The van der Waals surface area contributed by atoms with Crippen LogP contribution in [0.2, 0.25) is 0 Å². The summed E-state index contributed by atoms with van der Waals surface area (Å²) in [5.74, 6) is 0. The molecule has 2 amide bonds. The molecule has 0 atom stereocenters. The third-order valence-corrected chi connectivity index (χ3v) is 1.43. The number of aryl methyl sites for hydroxylation is 1. The number of primary amides is 1. The van der Waals surface area contributed by atoms with Gasteiger partial charge in [0.25, 0.3) is 0 Å². The maximum absolute atomic E-state index is 10.4. The van der Waals surface area contributed by atoms with E-state index in [1.807, 2.05) is 19.1 Å². The zero-order valence-electron chi connectivity index (χ0n) is 6.87. The smallest absolute Gasteiger partial charge is 0.312 e. The summed E-state index contributed by atoms with van der Waals surface area (Å²) in [7, 11) is 0. The molecule has 4 heteroatoms. The molecule has 0 bridgehead atoms. The predicted octanol–water partition coefficient (Wildman–Crippen LogP) is 0.558. The van der Waals surface area contributed by atoms with Crippen molar-refractivity contribution in [2.75, 3.05) is 0 Å². The molecule has 4 nitrogen and oxygen atoms in total. The summed E-state index contributed by atoms with van der Waals surface area (Å²) in [6.45, 7) is 2.35. The minimum atomic E-state index is -0.510. The summed E-state index contributed by atoms with van der Waals surface area (Å²) in [6.07, 6.45) is 1.70. The van der Waals surface area contributed by atoms with E-state index in [0.29, 0.717) is 6.54 Å². The van der Waals surface area contributed by atoms with Crippen molar-refractivity contribution >= 4 is 6.03 Å². The van der Waals surface area contributed by atoms with Crippen molar-refractivity contribution in [2.24, 2.45) is 5.73 Å². The number of urea groups is 1. The van der Waals surface area contributed by atoms with Crippen molar-refractivity contribution in [3.63, 3.8) is 0 Å². The van der Waals surface area contributed by atoms with Crippen molar-refractivity contribution in [2.45, 2.75) is 13.5 Å². The van der Waals surface area contributed by atoms with Crippen LogP contribution in [-0.4, -0.2) is 11.0 Å². The van der Waals surface area contributed by atoms with Crippen LogP contribution >= 0.6 is 0 Å². The minimum Gasteiger partial charge on any atom is -0.352 e. The minimum absolute atomic E-state index is 0.457. The van der Waals surface area contributed by atoms with Crippen molar-refractivity contribution in [3.05, 3.63) is 29.6 Å². The molecule has 0 radical (unpaired) electrons. The van der Waals surface area contributed by atoms with E-state index in [0.717, 1.165) is 11.3 Å². The molecule has 12 heavy (non-hydrogen) atoms. The number of pyridine rings is 1. The highest BCUT2D eigenvalue weighted by atomic mass is 16.2. The number of nitrogens with two attached hydrogens (primary N) is 1. The van der Waals surface area contributed by atoms with Crippen LogP contribution in [0.5, 0.6) is 0 Å². The van der Waals surface area contributed by atoms with E-state index in [4.69, 9.17) is 5.73 Å². The lowest BCUT2D eigenvalue weighted by atomic mass is 10.2. The standard InChI is InChI=1S/C8H11N3O/c1-6-4-7(2-3-10-6)5-11-8(9)12/h2-4H,5H2,1H3,(H3,9,11,12). The largest absolute Gasteiger partial charge is 0.352 e. The molecular weight excluding hydrogens is 154 g/mol. The Bertz CT molecular complexity index is 285. The van der Waals surface area contributed by atoms with Crippen LogP contribution in [-0.2, 0) is 6.54 Å². The number of carbonyl (C=O) groups excluding carboxylic acids is 1. The molecule has 0 aliphatic rings. The Morgan fingerprint density at radius 3 is 3.08 bits per heavy atom. The maximum Gasteiger partial charge on any atom is 0.312 e. The van der Waals surface area contributed by atoms with Crippen molar-refractivity contribution in [1.29, 1.82) is 0 Å². The highest BCUT2D eigenvalue weighted by Crippen LogP contribution is 1.99. The van der Waals surface area contributed by atoms with Gasteiger partial charge in [-0.1, -0.05) is 0 Å². The molecule has 0 saturated heterocycles. The zero-order valence-corrected chi connectivity index (χ0v) is 6.87. The monoisotopic (exact) mass is 165 g/mol. The van der Waals surface area contributed by atoms with E-state index in [-0.39, 0.29) is 0 Å². The molecule has 1 rings (SSSR count). The van der Waals surface area contributed by atoms with E-state index >= 15 is 0 Å². The number of hydrogen-bond acceptors (Lipinski definition) is 2. The first-order valence-corrected chi connectivity index (χ1v) is 3.63. The van der Waals surface area contributed by atoms with Crippen LogP contribution in [0.25, 0.3) is 0 Å². The second-order valence-electron chi connectivity index (χ2n) is 2.52. The summed E-state index contributed by atoms with van der Waals surface area (Å²) in [5, 5.41) is 2.50. The topological polar surface area (TPSA) is 68.0 Å². The van der Waals surface area contributed by atoms with E-state index in [2.05, 4.69) is 10.3 Å². The van der Waals surface area contributed by atoms with Crippen LogP contribution in [0.1, 0.15) is 11.3 Å². The fourth-order valence-electron chi connectivity index (χ4n) is 0.903. The maximum atomic E-state index is 10.4. The third kappa shape index (κ3) is 2.57. The summed E-state index contributed by atoms with van der Waals surface area (Å²) in [5.41, 5.74) is 6.84. The van der Waals surface area contributed by atoms with Gasteiger partial charge in [-0.2, -0.15) is 0 Å². The number of hydrogen-bond donors (Lipinski definition) is 2. The molecule has 0 aliphatic carbocycles. The lowest BCUT2D eigenvalue weighted by molar-refractivity contribution is 0.248. The van der Waals surface area contributed by atoms with Crippen LogP contribution < -0.4 is 11.1 Å². The van der Waals surface area contributed by atoms with Crippen molar-refractivity contribution in [3.8, 4) is 0 Å². The van der Waals surface area contributed by atoms with Gasteiger partial charge in [0, 0.05) is 18.4 Å². The number of amides is 2. The fourth-order valence-corrected chi connectivity index (χ4v) is 0.903. The molecule has 0 spiro atoms. The Hall–Kier alpha value is -1.58. The molecule has 0 fully saturated rings. The van der Waals surface area contributed by atoms with E-state index in [9.17, 15) is 4.79 Å². The number of carbonyl (C=O) groups is 1. The van der Waals surface area contributed by atoms with Crippen LogP contribution in [0.3, 0.4) is 0 Å². The molecule has 0 aliphatic heterocycles. The first kappa shape index (κ1) is 8.52. The van der Waals surface area contributed by atoms with Gasteiger partial charge in [-0.15, -0.1) is 0 Å². The van der Waals surface area contributed by atoms with Gasteiger partial charge >= 0.3 is 6.03 Å². The van der Waals surface area contributed by atoms with Gasteiger partial charge in [0.05, 0.1) is 0 Å². The van der Waals surface area contributed by atoms with Crippen LogP contribution in [0, 0.1) is 6.92 Å². The molecule has 1 heterocycles. The molecule has 0 unspecified atom stereocenters. The lowest BCUT2D eigenvalue weighted by Crippen LogP contribution is -2.28. The molecule has 0 aromatic carbocycles. The second kappa shape index (κ2) is 3.71. The van der Waals surface area contributed by atoms with E-state index in [1.54, 1.807) is 6.20 Å². The normalized spacial score (nSPS) is 9.42. The van der Waals surface area contributed by atoms with Crippen LogP contribution in [0.15, 0.2) is 18.3 Å². The quantitative estimate of drug-likeness (QED) is 0.672. The Morgan fingerprint density at radius 2 is 2.50 bits per heavy atom. The van der Waals surface area contributed by atoms with Gasteiger partial charge in [0.2, 0.25) is 0 Å². The molecule has 64 valence electrons. The highest BCUT2D eigenvalue weighted by molar-refractivity contribution is 5.71. The SMILES string of the molecule is Cc1cc(CNC(N)=O)ccn1. The molecular formula is C8H11N3O. The first-order valence-electron chi connectivity index (χ1n) is 3.63. The van der Waals surface area contributed by atoms with Crippen molar-refractivity contribution < 1.29 is 4.79 Å². The van der Waals surface area contributed by atoms with Gasteiger partial charge in [-0.25, -0.2) is 4.79 Å². The Morgan fingerprint density at radius 1 is 1.75 bits per heavy atom. The third-order valence-electron chi connectivity index (χ3n) is 1.43. The highest BCUT2D eigenvalue weighted by Gasteiger charge is 1.94. The van der Waals surface area contributed by atoms with Gasteiger partial charge < -0.3 is 11.1 Å². The number of nitrogens with one attached hydrogen (secondary N) is 1. The second-order valence-corrected chi connectivity index (χ2v) is 2.52. The zero-order chi connectivity index (χ0) is 8.97. The number of nitrogens with zero attached hydrogens (tertiary/aromatic N) is 1. The lowest BCUT2D eigenvalue weighted by Gasteiger charge is -2.01. The first-order chi connectivity index (χ1) is 5.68. The Labute approximate surface area is 70.8 Å². The Balaban J connectivity index is 2.57. The Kier molecular flexibility index (Phi) is 2.63. The number of rotatable bonds is 2. The summed E-state index contributed by atoms with van der Waals surface area (Å²) in [4.78, 5) is 14.4. The average molecular weight is 165 g/mol. The average Bonchev–Trinajstić information content (AvgIpc) is 2.01. The predicted molar refractivity (Wildman–Crippen MR) is 45.4 cm³/mol.